The van der Waals surface area contributed by atoms with Crippen molar-refractivity contribution in [1.29, 1.82) is 0 Å². The Hall–Kier alpha value is -1.89. The van der Waals surface area contributed by atoms with Crippen molar-refractivity contribution in [2.24, 2.45) is 5.84 Å². The second kappa shape index (κ2) is 5.85. The van der Waals surface area contributed by atoms with Gasteiger partial charge in [0.15, 0.2) is 0 Å². The van der Waals surface area contributed by atoms with E-state index in [0.717, 1.165) is 28.1 Å². The molecule has 0 aliphatic heterocycles. The first-order valence-electron chi connectivity index (χ1n) is 6.49. The van der Waals surface area contributed by atoms with E-state index in [1.165, 1.54) is 4.88 Å². The summed E-state index contributed by atoms with van der Waals surface area (Å²) in [5.74, 6) is 6.57. The fourth-order valence-corrected chi connectivity index (χ4v) is 3.07. The molecule has 3 aromatic rings. The molecular weight excluding hydrogens is 306 g/mol. The van der Waals surface area contributed by atoms with E-state index in [4.69, 9.17) is 17.4 Å². The smallest absolute Gasteiger partial charge is 0.240 e. The second-order valence-corrected chi connectivity index (χ2v) is 6.01. The van der Waals surface area contributed by atoms with E-state index in [2.05, 4.69) is 33.7 Å². The van der Waals surface area contributed by atoms with Crippen molar-refractivity contribution in [3.8, 4) is 0 Å². The Labute approximate surface area is 131 Å². The largest absolute Gasteiger partial charge is 0.340 e. The molecule has 0 bridgehead atoms. The maximum Gasteiger partial charge on any atom is 0.240 e. The van der Waals surface area contributed by atoms with E-state index < -0.39 is 0 Å². The highest BCUT2D eigenvalue weighted by molar-refractivity contribution is 7.18. The number of thiophene rings is 1. The number of nitrogens with two attached hydrogens (primary N) is 1. The van der Waals surface area contributed by atoms with Gasteiger partial charge in [-0.1, -0.05) is 18.5 Å². The highest BCUT2D eigenvalue weighted by Crippen LogP contribution is 2.32. The van der Waals surface area contributed by atoms with Gasteiger partial charge in [-0.25, -0.2) is 10.8 Å². The van der Waals surface area contributed by atoms with Crippen molar-refractivity contribution in [3.05, 3.63) is 40.2 Å². The Balaban J connectivity index is 2.06. The predicted octanol–water partition coefficient (Wildman–Crippen LogP) is 3.94. The number of halogens is 1. The Morgan fingerprint density at radius 3 is 2.67 bits per heavy atom. The molecule has 0 fully saturated rings. The molecule has 0 aliphatic rings. The summed E-state index contributed by atoms with van der Waals surface area (Å²) in [6.45, 7) is 2.12. The van der Waals surface area contributed by atoms with Gasteiger partial charge in [-0.3, -0.25) is 5.43 Å². The van der Waals surface area contributed by atoms with Crippen LogP contribution in [0.2, 0.25) is 5.02 Å². The van der Waals surface area contributed by atoms with Crippen LogP contribution in [0.25, 0.3) is 10.2 Å². The van der Waals surface area contributed by atoms with Crippen LogP contribution in [-0.4, -0.2) is 9.97 Å². The quantitative estimate of drug-likeness (QED) is 0.501. The molecule has 3 rings (SSSR count). The van der Waals surface area contributed by atoms with Gasteiger partial charge in [0.05, 0.1) is 5.39 Å². The molecule has 1 aromatic carbocycles. The van der Waals surface area contributed by atoms with Crippen LogP contribution in [0.1, 0.15) is 11.8 Å². The van der Waals surface area contributed by atoms with Crippen molar-refractivity contribution in [2.75, 3.05) is 10.7 Å². The highest BCUT2D eigenvalue weighted by atomic mass is 35.5. The SMILES string of the molecule is CCc1cc2c(Nc3ccc(Cl)cc3)nc(NN)nc2s1. The molecule has 0 radical (unpaired) electrons. The van der Waals surface area contributed by atoms with Gasteiger partial charge >= 0.3 is 0 Å². The van der Waals surface area contributed by atoms with Crippen molar-refractivity contribution in [1.82, 2.24) is 9.97 Å². The van der Waals surface area contributed by atoms with Crippen LogP contribution < -0.4 is 16.6 Å². The van der Waals surface area contributed by atoms with Crippen molar-refractivity contribution in [2.45, 2.75) is 13.3 Å². The lowest BCUT2D eigenvalue weighted by molar-refractivity contribution is 1.16. The summed E-state index contributed by atoms with van der Waals surface area (Å²) < 4.78 is 0. The standard InChI is InChI=1S/C14H14ClN5S/c1-2-10-7-11-12(17-9-5-3-8(15)4-6-9)18-14(20-16)19-13(11)21-10/h3-7H,2,16H2,1H3,(H2,17,18,19,20). The van der Waals surface area contributed by atoms with Gasteiger partial charge in [-0.15, -0.1) is 11.3 Å². The number of rotatable bonds is 4. The van der Waals surface area contributed by atoms with E-state index in [9.17, 15) is 0 Å². The van der Waals surface area contributed by atoms with Gasteiger partial charge in [0.25, 0.3) is 0 Å². The summed E-state index contributed by atoms with van der Waals surface area (Å²) in [5, 5.41) is 4.97. The number of benzene rings is 1. The lowest BCUT2D eigenvalue weighted by Gasteiger charge is -2.08. The molecule has 4 N–H and O–H groups in total. The van der Waals surface area contributed by atoms with Gasteiger partial charge < -0.3 is 5.32 Å². The number of aryl methyl sites for hydroxylation is 1. The number of aromatic nitrogens is 2. The summed E-state index contributed by atoms with van der Waals surface area (Å²) in [7, 11) is 0. The molecule has 0 saturated heterocycles. The molecule has 0 spiro atoms. The van der Waals surface area contributed by atoms with Crippen LogP contribution in [0.4, 0.5) is 17.5 Å². The van der Waals surface area contributed by atoms with Gasteiger partial charge in [-0.2, -0.15) is 4.98 Å². The molecule has 21 heavy (non-hydrogen) atoms. The minimum absolute atomic E-state index is 0.392. The number of nitrogens with one attached hydrogen (secondary N) is 2. The zero-order valence-corrected chi connectivity index (χ0v) is 12.9. The average Bonchev–Trinajstić information content (AvgIpc) is 2.92. The van der Waals surface area contributed by atoms with Crippen LogP contribution in [0.15, 0.2) is 30.3 Å². The summed E-state index contributed by atoms with van der Waals surface area (Å²) in [6, 6.07) is 9.57. The van der Waals surface area contributed by atoms with Gasteiger partial charge in [0.1, 0.15) is 10.6 Å². The summed E-state index contributed by atoms with van der Waals surface area (Å²) in [6.07, 6.45) is 0.965. The second-order valence-electron chi connectivity index (χ2n) is 4.46. The normalized spacial score (nSPS) is 10.8. The Kier molecular flexibility index (Phi) is 3.92. The zero-order valence-electron chi connectivity index (χ0n) is 11.4. The van der Waals surface area contributed by atoms with Crippen LogP contribution in [0, 0.1) is 0 Å². The molecule has 5 nitrogen and oxygen atoms in total. The molecule has 2 aromatic heterocycles. The third kappa shape index (κ3) is 2.92. The van der Waals surface area contributed by atoms with E-state index in [0.29, 0.717) is 11.0 Å². The van der Waals surface area contributed by atoms with Crippen molar-refractivity contribution >= 4 is 50.6 Å². The molecule has 0 atom stereocenters. The molecule has 108 valence electrons. The molecule has 0 unspecified atom stereocenters. The van der Waals surface area contributed by atoms with E-state index in [-0.39, 0.29) is 0 Å². The van der Waals surface area contributed by atoms with Crippen molar-refractivity contribution in [3.63, 3.8) is 0 Å². The minimum Gasteiger partial charge on any atom is -0.340 e. The first-order chi connectivity index (χ1) is 10.2. The molecule has 7 heteroatoms. The monoisotopic (exact) mass is 319 g/mol. The highest BCUT2D eigenvalue weighted by Gasteiger charge is 2.11. The molecule has 0 saturated carbocycles. The Bertz CT molecular complexity index is 769. The summed E-state index contributed by atoms with van der Waals surface area (Å²) in [4.78, 5) is 11.0. The predicted molar refractivity (Wildman–Crippen MR) is 89.3 cm³/mol. The van der Waals surface area contributed by atoms with Crippen LogP contribution in [0.5, 0.6) is 0 Å². The molecule has 2 heterocycles. The fourth-order valence-electron chi connectivity index (χ4n) is 1.98. The number of hydrazine groups is 1. The van der Waals surface area contributed by atoms with Gasteiger partial charge in [0, 0.05) is 15.6 Å². The molecular formula is C14H14ClN5S. The van der Waals surface area contributed by atoms with Gasteiger partial charge in [-0.05, 0) is 36.8 Å². The summed E-state index contributed by atoms with van der Waals surface area (Å²) >= 11 is 7.55. The number of hydrogen-bond acceptors (Lipinski definition) is 6. The minimum atomic E-state index is 0.392. The first-order valence-corrected chi connectivity index (χ1v) is 7.68. The lowest BCUT2D eigenvalue weighted by Crippen LogP contribution is -2.11. The van der Waals surface area contributed by atoms with Crippen molar-refractivity contribution < 1.29 is 0 Å². The number of nitrogen functional groups attached to an aromatic ring is 1. The fraction of sp³-hybridized carbons (Fsp3) is 0.143. The third-order valence-electron chi connectivity index (χ3n) is 3.03. The Morgan fingerprint density at radius 1 is 1.24 bits per heavy atom. The lowest BCUT2D eigenvalue weighted by atomic mass is 10.3. The number of nitrogens with zero attached hydrogens (tertiary/aromatic N) is 2. The van der Waals surface area contributed by atoms with E-state index in [1.54, 1.807) is 11.3 Å². The van der Waals surface area contributed by atoms with Gasteiger partial charge in [0.2, 0.25) is 5.95 Å². The van der Waals surface area contributed by atoms with Crippen LogP contribution >= 0.6 is 22.9 Å². The zero-order chi connectivity index (χ0) is 14.8. The average molecular weight is 320 g/mol. The topological polar surface area (TPSA) is 75.9 Å². The third-order valence-corrected chi connectivity index (χ3v) is 4.45. The number of anilines is 3. The van der Waals surface area contributed by atoms with E-state index in [1.807, 2.05) is 24.3 Å². The number of fused-ring (bicyclic) bond motifs is 1. The summed E-state index contributed by atoms with van der Waals surface area (Å²) in [5.41, 5.74) is 3.41. The number of hydrogen-bond donors (Lipinski definition) is 3. The maximum absolute atomic E-state index is 5.90. The maximum atomic E-state index is 5.90. The molecule has 0 amide bonds. The molecule has 0 aliphatic carbocycles. The van der Waals surface area contributed by atoms with E-state index >= 15 is 0 Å². The van der Waals surface area contributed by atoms with Crippen LogP contribution in [-0.2, 0) is 6.42 Å². The Morgan fingerprint density at radius 2 is 2.00 bits per heavy atom. The first kappa shape index (κ1) is 14.1. The van der Waals surface area contributed by atoms with Crippen LogP contribution in [0.3, 0.4) is 0 Å².